The molecule has 0 heterocycles. The van der Waals surface area contributed by atoms with Gasteiger partial charge >= 0.3 is 6.18 Å². The second kappa shape index (κ2) is 6.25. The van der Waals surface area contributed by atoms with Crippen LogP contribution in [0.3, 0.4) is 0 Å². The fraction of sp³-hybridized carbons (Fsp3) is 0.364. The number of hydrogen-bond acceptors (Lipinski definition) is 3. The first-order chi connectivity index (χ1) is 8.40. The normalized spacial score (nSPS) is 11.1. The van der Waals surface area contributed by atoms with Gasteiger partial charge in [0.1, 0.15) is 5.75 Å². The van der Waals surface area contributed by atoms with Crippen LogP contribution >= 0.6 is 0 Å². The van der Waals surface area contributed by atoms with Gasteiger partial charge in [0.05, 0.1) is 6.54 Å². The Morgan fingerprint density at radius 3 is 2.39 bits per heavy atom. The van der Waals surface area contributed by atoms with Crippen molar-refractivity contribution in [2.75, 3.05) is 25.5 Å². The average molecular weight is 262 g/mol. The summed E-state index contributed by atoms with van der Waals surface area (Å²) in [6.07, 6.45) is -4.36. The first-order valence-corrected chi connectivity index (χ1v) is 5.15. The summed E-state index contributed by atoms with van der Waals surface area (Å²) in [5.41, 5.74) is 0.495. The number of carbonyl (C=O) groups excluding carboxylic acids is 1. The van der Waals surface area contributed by atoms with Crippen molar-refractivity contribution < 1.29 is 22.7 Å². The van der Waals surface area contributed by atoms with E-state index in [0.717, 1.165) is 0 Å². The number of carbonyl (C=O) groups is 1. The number of likely N-dealkylation sites (N-methyl/N-ethyl adjacent to an activating group) is 1. The zero-order chi connectivity index (χ0) is 13.6. The summed E-state index contributed by atoms with van der Waals surface area (Å²) in [4.78, 5) is 11.2. The van der Waals surface area contributed by atoms with Crippen LogP contribution in [-0.2, 0) is 4.79 Å². The van der Waals surface area contributed by atoms with Crippen LogP contribution in [0, 0.1) is 0 Å². The summed E-state index contributed by atoms with van der Waals surface area (Å²) in [6.45, 7) is -1.18. The summed E-state index contributed by atoms with van der Waals surface area (Å²) in [5, 5.41) is 5.24. The van der Waals surface area contributed by atoms with Gasteiger partial charge in [0, 0.05) is 5.69 Å². The Bertz CT molecular complexity index is 390. The van der Waals surface area contributed by atoms with E-state index in [0.29, 0.717) is 5.69 Å². The summed E-state index contributed by atoms with van der Waals surface area (Å²) >= 11 is 0. The third kappa shape index (κ3) is 5.53. The fourth-order valence-corrected chi connectivity index (χ4v) is 1.17. The van der Waals surface area contributed by atoms with Crippen molar-refractivity contribution in [2.45, 2.75) is 6.18 Å². The van der Waals surface area contributed by atoms with Crippen molar-refractivity contribution in [1.29, 1.82) is 0 Å². The number of amides is 1. The van der Waals surface area contributed by atoms with E-state index in [-0.39, 0.29) is 18.2 Å². The Balaban J connectivity index is 2.50. The number of halogens is 3. The van der Waals surface area contributed by atoms with Crippen molar-refractivity contribution in [2.24, 2.45) is 0 Å². The molecular formula is C11H13F3N2O2. The summed E-state index contributed by atoms with van der Waals surface area (Å²) in [6, 6.07) is 5.67. The second-order valence-electron chi connectivity index (χ2n) is 3.51. The molecule has 100 valence electrons. The maximum atomic E-state index is 11.9. The smallest absolute Gasteiger partial charge is 0.422 e. The van der Waals surface area contributed by atoms with E-state index in [4.69, 9.17) is 0 Å². The van der Waals surface area contributed by atoms with Crippen molar-refractivity contribution in [3.63, 3.8) is 0 Å². The molecule has 0 radical (unpaired) electrons. The molecule has 7 heteroatoms. The third-order valence-electron chi connectivity index (χ3n) is 1.88. The first kappa shape index (κ1) is 14.3. The van der Waals surface area contributed by atoms with Crippen LogP contribution in [0.15, 0.2) is 24.3 Å². The maximum absolute atomic E-state index is 11.9. The van der Waals surface area contributed by atoms with Gasteiger partial charge in [-0.15, -0.1) is 0 Å². The summed E-state index contributed by atoms with van der Waals surface area (Å²) < 4.78 is 40.2. The van der Waals surface area contributed by atoms with Crippen molar-refractivity contribution >= 4 is 11.6 Å². The Kier molecular flexibility index (Phi) is 4.96. The first-order valence-electron chi connectivity index (χ1n) is 5.15. The number of nitrogens with one attached hydrogen (secondary N) is 2. The molecular weight excluding hydrogens is 249 g/mol. The Morgan fingerprint density at radius 1 is 1.28 bits per heavy atom. The van der Waals surface area contributed by atoms with E-state index in [9.17, 15) is 18.0 Å². The highest BCUT2D eigenvalue weighted by Gasteiger charge is 2.28. The zero-order valence-electron chi connectivity index (χ0n) is 9.67. The lowest BCUT2D eigenvalue weighted by Crippen LogP contribution is -2.25. The molecule has 0 aliphatic heterocycles. The van der Waals surface area contributed by atoms with Gasteiger partial charge in [0.2, 0.25) is 5.91 Å². The number of ether oxygens (including phenoxy) is 1. The number of hydrogen-bond donors (Lipinski definition) is 2. The molecule has 1 aromatic carbocycles. The minimum atomic E-state index is -4.36. The van der Waals surface area contributed by atoms with E-state index in [1.807, 2.05) is 0 Å². The van der Waals surface area contributed by atoms with Crippen molar-refractivity contribution in [3.05, 3.63) is 24.3 Å². The van der Waals surface area contributed by atoms with E-state index in [1.54, 1.807) is 7.05 Å². The molecule has 18 heavy (non-hydrogen) atoms. The Labute approximate surface area is 102 Å². The molecule has 2 N–H and O–H groups in total. The molecule has 0 aromatic heterocycles. The molecule has 0 spiro atoms. The van der Waals surface area contributed by atoms with Gasteiger partial charge in [-0.05, 0) is 31.3 Å². The number of alkyl halides is 3. The molecule has 1 amide bonds. The highest BCUT2D eigenvalue weighted by atomic mass is 19.4. The number of anilines is 1. The second-order valence-corrected chi connectivity index (χ2v) is 3.51. The van der Waals surface area contributed by atoms with Crippen LogP contribution in [0.4, 0.5) is 18.9 Å². The largest absolute Gasteiger partial charge is 0.484 e. The summed E-state index contributed by atoms with van der Waals surface area (Å²) in [7, 11) is 1.63. The lowest BCUT2D eigenvalue weighted by Gasteiger charge is -2.10. The van der Waals surface area contributed by atoms with E-state index in [1.165, 1.54) is 24.3 Å². The zero-order valence-corrected chi connectivity index (χ0v) is 9.67. The van der Waals surface area contributed by atoms with E-state index < -0.39 is 12.8 Å². The maximum Gasteiger partial charge on any atom is 0.422 e. The lowest BCUT2D eigenvalue weighted by molar-refractivity contribution is -0.153. The van der Waals surface area contributed by atoms with Gasteiger partial charge in [-0.3, -0.25) is 4.79 Å². The monoisotopic (exact) mass is 262 g/mol. The molecule has 0 atom stereocenters. The van der Waals surface area contributed by atoms with Gasteiger partial charge < -0.3 is 15.4 Å². The van der Waals surface area contributed by atoms with Crippen LogP contribution in [-0.4, -0.2) is 32.3 Å². The topological polar surface area (TPSA) is 50.4 Å². The molecule has 0 saturated carbocycles. The molecule has 0 bridgehead atoms. The van der Waals surface area contributed by atoms with Crippen molar-refractivity contribution in [3.8, 4) is 5.75 Å². The Hall–Kier alpha value is -1.76. The third-order valence-corrected chi connectivity index (χ3v) is 1.88. The molecule has 4 nitrogen and oxygen atoms in total. The van der Waals surface area contributed by atoms with Gasteiger partial charge in [0.15, 0.2) is 6.61 Å². The average Bonchev–Trinajstić information content (AvgIpc) is 2.27. The van der Waals surface area contributed by atoms with Crippen LogP contribution in [0.2, 0.25) is 0 Å². The van der Waals surface area contributed by atoms with Crippen LogP contribution < -0.4 is 15.4 Å². The van der Waals surface area contributed by atoms with E-state index in [2.05, 4.69) is 15.4 Å². The molecule has 0 fully saturated rings. The minimum absolute atomic E-state index is 0.0962. The minimum Gasteiger partial charge on any atom is -0.484 e. The highest BCUT2D eigenvalue weighted by molar-refractivity contribution is 5.92. The van der Waals surface area contributed by atoms with Crippen LogP contribution in [0.25, 0.3) is 0 Å². The predicted octanol–water partition coefficient (Wildman–Crippen LogP) is 1.79. The quantitative estimate of drug-likeness (QED) is 0.850. The molecule has 0 aliphatic rings. The van der Waals surface area contributed by atoms with Crippen LogP contribution in [0.1, 0.15) is 0 Å². The van der Waals surface area contributed by atoms with Gasteiger partial charge in [-0.25, -0.2) is 0 Å². The molecule has 1 rings (SSSR count). The lowest BCUT2D eigenvalue weighted by atomic mass is 10.3. The number of benzene rings is 1. The van der Waals surface area contributed by atoms with Crippen molar-refractivity contribution in [1.82, 2.24) is 5.32 Å². The van der Waals surface area contributed by atoms with Gasteiger partial charge in [0.25, 0.3) is 0 Å². The van der Waals surface area contributed by atoms with Crippen LogP contribution in [0.5, 0.6) is 5.75 Å². The predicted molar refractivity (Wildman–Crippen MR) is 60.5 cm³/mol. The highest BCUT2D eigenvalue weighted by Crippen LogP contribution is 2.20. The van der Waals surface area contributed by atoms with E-state index >= 15 is 0 Å². The Morgan fingerprint density at radius 2 is 1.89 bits per heavy atom. The van der Waals surface area contributed by atoms with Gasteiger partial charge in [-0.2, -0.15) is 13.2 Å². The molecule has 0 saturated heterocycles. The standard InChI is InChI=1S/C11H13F3N2O2/c1-15-6-10(17)16-8-2-4-9(5-3-8)18-7-11(12,13)14/h2-5,15H,6-7H2,1H3,(H,16,17). The van der Waals surface area contributed by atoms with Gasteiger partial charge in [-0.1, -0.05) is 0 Å². The fourth-order valence-electron chi connectivity index (χ4n) is 1.17. The number of rotatable bonds is 5. The summed E-state index contributed by atoms with van der Waals surface area (Å²) in [5.74, 6) is -0.139. The molecule has 0 aliphatic carbocycles. The molecule has 0 unspecified atom stereocenters. The SMILES string of the molecule is CNCC(=O)Nc1ccc(OCC(F)(F)F)cc1. The molecule has 1 aromatic rings.